The molecule has 5 rings (SSSR count). The summed E-state index contributed by atoms with van der Waals surface area (Å²) in [4.78, 5) is 23.8. The van der Waals surface area contributed by atoms with E-state index in [-0.39, 0.29) is 5.91 Å². The topological polar surface area (TPSA) is 48.9 Å². The Morgan fingerprint density at radius 2 is 1.70 bits per heavy atom. The minimum atomic E-state index is -4.37. The van der Waals surface area contributed by atoms with Crippen molar-refractivity contribution in [2.24, 2.45) is 0 Å². The number of thiazole rings is 1. The first-order valence-corrected chi connectivity index (χ1v) is 13.3. The molecule has 0 atom stereocenters. The number of nitrogens with zero attached hydrogens (tertiary/aromatic N) is 4. The number of piperazine rings is 1. The zero-order valence-electron chi connectivity index (χ0n) is 20.6. The summed E-state index contributed by atoms with van der Waals surface area (Å²) in [6.45, 7) is 3.63. The first-order chi connectivity index (χ1) is 17.8. The second-order valence-corrected chi connectivity index (χ2v) is 10.2. The van der Waals surface area contributed by atoms with Crippen molar-refractivity contribution in [1.82, 2.24) is 9.88 Å². The summed E-state index contributed by atoms with van der Waals surface area (Å²) in [6.07, 6.45) is -2.47. The Labute approximate surface area is 218 Å². The average Bonchev–Trinajstić information content (AvgIpc) is 3.43. The summed E-state index contributed by atoms with van der Waals surface area (Å²) >= 11 is 1.54. The number of benzene rings is 2. The number of alkyl halides is 3. The number of hydrogen-bond donors (Lipinski definition) is 0. The SMILES string of the molecule is COc1ccccc1N1CCC(c2nc(C(=O)N3CCN(c4cccc(C(F)(F)F)c4)CC3)cs2)CC1. The van der Waals surface area contributed by atoms with Gasteiger partial charge < -0.3 is 19.4 Å². The number of methoxy groups -OCH3 is 1. The zero-order chi connectivity index (χ0) is 26.0. The van der Waals surface area contributed by atoms with E-state index >= 15 is 0 Å². The molecule has 1 amide bonds. The molecule has 0 radical (unpaired) electrons. The van der Waals surface area contributed by atoms with E-state index in [4.69, 9.17) is 9.72 Å². The summed E-state index contributed by atoms with van der Waals surface area (Å²) < 4.78 is 44.7. The van der Waals surface area contributed by atoms with Crippen molar-refractivity contribution in [2.75, 3.05) is 56.2 Å². The maximum atomic E-state index is 13.1. The Bertz CT molecular complexity index is 1230. The van der Waals surface area contributed by atoms with Crippen molar-refractivity contribution in [3.05, 3.63) is 70.2 Å². The molecule has 196 valence electrons. The van der Waals surface area contributed by atoms with Gasteiger partial charge in [-0.1, -0.05) is 18.2 Å². The quantitative estimate of drug-likeness (QED) is 0.435. The van der Waals surface area contributed by atoms with Crippen molar-refractivity contribution < 1.29 is 22.7 Å². The van der Waals surface area contributed by atoms with Crippen LogP contribution >= 0.6 is 11.3 Å². The Kier molecular flexibility index (Phi) is 7.28. The van der Waals surface area contributed by atoms with Gasteiger partial charge in [0, 0.05) is 56.3 Å². The van der Waals surface area contributed by atoms with Crippen LogP contribution in [0.15, 0.2) is 53.9 Å². The summed E-state index contributed by atoms with van der Waals surface area (Å²) in [7, 11) is 1.69. The van der Waals surface area contributed by atoms with Gasteiger partial charge >= 0.3 is 6.18 Å². The number of hydrogen-bond acceptors (Lipinski definition) is 6. The lowest BCUT2D eigenvalue weighted by atomic mass is 9.97. The fraction of sp³-hybridized carbons (Fsp3) is 0.407. The van der Waals surface area contributed by atoms with E-state index in [9.17, 15) is 18.0 Å². The standard InChI is InChI=1S/C27H29F3N4O2S/c1-36-24-8-3-2-7-23(24)33-11-9-19(10-12-33)25-31-22(18-37-25)26(35)34-15-13-32(14-16-34)21-6-4-5-20(17-21)27(28,29)30/h2-8,17-19H,9-16H2,1H3. The Morgan fingerprint density at radius 1 is 0.973 bits per heavy atom. The van der Waals surface area contributed by atoms with E-state index in [1.807, 2.05) is 28.5 Å². The zero-order valence-corrected chi connectivity index (χ0v) is 21.4. The third-order valence-electron chi connectivity index (χ3n) is 7.12. The lowest BCUT2D eigenvalue weighted by molar-refractivity contribution is -0.137. The van der Waals surface area contributed by atoms with Crippen LogP contribution < -0.4 is 14.5 Å². The Morgan fingerprint density at radius 3 is 2.41 bits per heavy atom. The van der Waals surface area contributed by atoms with Gasteiger partial charge in [0.25, 0.3) is 5.91 Å². The summed E-state index contributed by atoms with van der Waals surface area (Å²) in [6, 6.07) is 13.4. The van der Waals surface area contributed by atoms with Gasteiger partial charge in [-0.25, -0.2) is 4.98 Å². The van der Waals surface area contributed by atoms with E-state index in [1.54, 1.807) is 18.1 Å². The molecular weight excluding hydrogens is 501 g/mol. The number of halogens is 3. The van der Waals surface area contributed by atoms with Crippen LogP contribution in [0.4, 0.5) is 24.5 Å². The number of piperidine rings is 1. The molecule has 0 spiro atoms. The molecule has 3 heterocycles. The van der Waals surface area contributed by atoms with Crippen molar-refractivity contribution in [1.29, 1.82) is 0 Å². The summed E-state index contributed by atoms with van der Waals surface area (Å²) in [5.74, 6) is 1.07. The number of amides is 1. The number of carbonyl (C=O) groups excluding carboxylic acids is 1. The van der Waals surface area contributed by atoms with Gasteiger partial charge in [-0.05, 0) is 43.2 Å². The van der Waals surface area contributed by atoms with Crippen LogP contribution in [0.3, 0.4) is 0 Å². The minimum Gasteiger partial charge on any atom is -0.495 e. The van der Waals surface area contributed by atoms with Gasteiger partial charge in [0.2, 0.25) is 0 Å². The molecule has 0 N–H and O–H groups in total. The van der Waals surface area contributed by atoms with Gasteiger partial charge in [-0.3, -0.25) is 4.79 Å². The van der Waals surface area contributed by atoms with Crippen LogP contribution in [-0.4, -0.2) is 62.2 Å². The van der Waals surface area contributed by atoms with E-state index in [0.29, 0.717) is 43.5 Å². The molecule has 3 aromatic rings. The van der Waals surface area contributed by atoms with E-state index < -0.39 is 11.7 Å². The molecule has 1 aromatic heterocycles. The molecule has 2 fully saturated rings. The predicted octanol–water partition coefficient (Wildman–Crippen LogP) is 5.52. The minimum absolute atomic E-state index is 0.113. The third kappa shape index (κ3) is 5.53. The fourth-order valence-electron chi connectivity index (χ4n) is 5.04. The van der Waals surface area contributed by atoms with E-state index in [1.165, 1.54) is 23.5 Å². The lowest BCUT2D eigenvalue weighted by Crippen LogP contribution is -2.49. The molecule has 0 unspecified atom stereocenters. The fourth-order valence-corrected chi connectivity index (χ4v) is 6.01. The van der Waals surface area contributed by atoms with Crippen LogP contribution in [-0.2, 0) is 6.18 Å². The van der Waals surface area contributed by atoms with Gasteiger partial charge in [-0.2, -0.15) is 13.2 Å². The first-order valence-electron chi connectivity index (χ1n) is 12.4. The van der Waals surface area contributed by atoms with Crippen molar-refractivity contribution >= 4 is 28.6 Å². The van der Waals surface area contributed by atoms with Crippen molar-refractivity contribution in [2.45, 2.75) is 24.9 Å². The van der Waals surface area contributed by atoms with Gasteiger partial charge in [0.1, 0.15) is 11.4 Å². The molecule has 0 aliphatic carbocycles. The Hall–Kier alpha value is -3.27. The maximum Gasteiger partial charge on any atom is 0.416 e. The highest BCUT2D eigenvalue weighted by molar-refractivity contribution is 7.09. The summed E-state index contributed by atoms with van der Waals surface area (Å²) in [5.41, 5.74) is 1.42. The molecule has 6 nitrogen and oxygen atoms in total. The molecule has 37 heavy (non-hydrogen) atoms. The lowest BCUT2D eigenvalue weighted by Gasteiger charge is -2.36. The smallest absolute Gasteiger partial charge is 0.416 e. The molecule has 2 saturated heterocycles. The maximum absolute atomic E-state index is 13.1. The van der Waals surface area contributed by atoms with Crippen molar-refractivity contribution in [3.63, 3.8) is 0 Å². The first kappa shape index (κ1) is 25.4. The van der Waals surface area contributed by atoms with Crippen LogP contribution in [0.1, 0.15) is 39.8 Å². The van der Waals surface area contributed by atoms with Crippen LogP contribution in [0.5, 0.6) is 5.75 Å². The predicted molar refractivity (Wildman–Crippen MR) is 139 cm³/mol. The molecule has 10 heteroatoms. The number of aromatic nitrogens is 1. The van der Waals surface area contributed by atoms with Gasteiger partial charge in [0.05, 0.1) is 23.4 Å². The van der Waals surface area contributed by atoms with Crippen LogP contribution in [0.25, 0.3) is 0 Å². The third-order valence-corrected chi connectivity index (χ3v) is 8.12. The van der Waals surface area contributed by atoms with Gasteiger partial charge in [0.15, 0.2) is 0 Å². The van der Waals surface area contributed by atoms with Crippen molar-refractivity contribution in [3.8, 4) is 5.75 Å². The van der Waals surface area contributed by atoms with Gasteiger partial charge in [-0.15, -0.1) is 11.3 Å². The molecule has 0 bridgehead atoms. The Balaban J connectivity index is 1.16. The second-order valence-electron chi connectivity index (χ2n) is 9.33. The van der Waals surface area contributed by atoms with E-state index in [2.05, 4.69) is 11.0 Å². The number of ether oxygens (including phenoxy) is 1. The highest BCUT2D eigenvalue weighted by Crippen LogP contribution is 2.36. The number of rotatable bonds is 5. The van der Waals surface area contributed by atoms with E-state index in [0.717, 1.165) is 48.4 Å². The number of para-hydroxylation sites is 2. The van der Waals surface area contributed by atoms with Crippen LogP contribution in [0, 0.1) is 0 Å². The molecule has 2 aromatic carbocycles. The monoisotopic (exact) mass is 530 g/mol. The second kappa shape index (κ2) is 10.6. The normalized spacial score (nSPS) is 17.2. The molecule has 2 aliphatic rings. The largest absolute Gasteiger partial charge is 0.495 e. The average molecular weight is 531 g/mol. The molecular formula is C27H29F3N4O2S. The molecule has 2 aliphatic heterocycles. The molecule has 0 saturated carbocycles. The summed E-state index contributed by atoms with van der Waals surface area (Å²) in [5, 5.41) is 2.83. The number of anilines is 2. The number of carbonyl (C=O) groups is 1. The highest BCUT2D eigenvalue weighted by atomic mass is 32.1. The highest BCUT2D eigenvalue weighted by Gasteiger charge is 2.32. The van der Waals surface area contributed by atoms with Crippen LogP contribution in [0.2, 0.25) is 0 Å².